The number of allylic oxidation sites excluding steroid dienone is 1. The van der Waals surface area contributed by atoms with Gasteiger partial charge in [-0.1, -0.05) is 0 Å². The summed E-state index contributed by atoms with van der Waals surface area (Å²) in [5, 5.41) is 18.2. The largest absolute Gasteiger partial charge is 0.393 e. The van der Waals surface area contributed by atoms with Crippen LogP contribution in [0.2, 0.25) is 0 Å². The normalized spacial score (nSPS) is 17.3. The summed E-state index contributed by atoms with van der Waals surface area (Å²) in [6.45, 7) is 0.913. The molecule has 1 saturated heterocycles. The first-order valence-electron chi connectivity index (χ1n) is 8.88. The van der Waals surface area contributed by atoms with Crippen molar-refractivity contribution >= 4 is 28.5 Å². The molecule has 28 heavy (non-hydrogen) atoms. The van der Waals surface area contributed by atoms with Gasteiger partial charge in [0, 0.05) is 54.7 Å². The van der Waals surface area contributed by atoms with Crippen molar-refractivity contribution in [1.29, 1.82) is 5.41 Å². The zero-order valence-corrected chi connectivity index (χ0v) is 15.2. The monoisotopic (exact) mass is 383 g/mol. The fourth-order valence-electron chi connectivity index (χ4n) is 3.38. The van der Waals surface area contributed by atoms with Crippen molar-refractivity contribution in [3.05, 3.63) is 42.1 Å². The third-order valence-corrected chi connectivity index (χ3v) is 4.77. The molecule has 1 aliphatic heterocycles. The van der Waals surface area contributed by atoms with E-state index in [0.717, 1.165) is 6.21 Å². The van der Waals surface area contributed by atoms with Crippen LogP contribution in [0.25, 0.3) is 27.9 Å². The average Bonchev–Trinajstić information content (AvgIpc) is 3.31. The molecule has 3 N–H and O–H groups in total. The van der Waals surface area contributed by atoms with E-state index in [2.05, 4.69) is 25.5 Å². The van der Waals surface area contributed by atoms with Gasteiger partial charge in [0.15, 0.2) is 0 Å². The number of alkyl halides is 1. The molecule has 1 atom stereocenters. The standard InChI is InChI=1S/C19H19F2N7/c1-23-8-11(7-22)13-4-14-16(5-15(13)21)26-27-19(14)17-6-18(25-10-24-17)28-3-2-12(20)9-28/h4-8,10,12,22-23H,2-3,9H2,1H3,(H,26,27)/b11-8+,22-7?/t12-/m0/s1. The molecule has 3 heterocycles. The number of hydrogen-bond acceptors (Lipinski definition) is 6. The van der Waals surface area contributed by atoms with Crippen LogP contribution in [-0.2, 0) is 0 Å². The van der Waals surface area contributed by atoms with Gasteiger partial charge in [-0.05, 0) is 12.5 Å². The Hall–Kier alpha value is -3.36. The Morgan fingerprint density at radius 1 is 1.36 bits per heavy atom. The van der Waals surface area contributed by atoms with Gasteiger partial charge in [-0.15, -0.1) is 0 Å². The zero-order valence-electron chi connectivity index (χ0n) is 15.2. The van der Waals surface area contributed by atoms with Gasteiger partial charge < -0.3 is 15.6 Å². The lowest BCUT2D eigenvalue weighted by Gasteiger charge is -2.16. The number of halogens is 2. The van der Waals surface area contributed by atoms with Crippen molar-refractivity contribution in [1.82, 2.24) is 25.5 Å². The first-order valence-corrected chi connectivity index (χ1v) is 8.88. The Labute approximate surface area is 160 Å². The summed E-state index contributed by atoms with van der Waals surface area (Å²) in [5.74, 6) is 0.182. The van der Waals surface area contributed by atoms with E-state index in [0.29, 0.717) is 53.2 Å². The van der Waals surface area contributed by atoms with Gasteiger partial charge in [0.05, 0.1) is 17.8 Å². The molecule has 9 heteroatoms. The van der Waals surface area contributed by atoms with Crippen molar-refractivity contribution in [3.63, 3.8) is 0 Å². The molecule has 1 aliphatic rings. The summed E-state index contributed by atoms with van der Waals surface area (Å²) in [7, 11) is 1.69. The molecule has 144 valence electrons. The SMILES string of the molecule is CN/C=C(\C=N)c1cc2c(-c3cc(N4CC[C@H](F)C4)ncn3)n[nH]c2cc1F. The van der Waals surface area contributed by atoms with Gasteiger partial charge in [0.1, 0.15) is 29.8 Å². The highest BCUT2D eigenvalue weighted by molar-refractivity contribution is 6.10. The summed E-state index contributed by atoms with van der Waals surface area (Å²) >= 11 is 0. The van der Waals surface area contributed by atoms with Crippen LogP contribution in [0.4, 0.5) is 14.6 Å². The lowest BCUT2D eigenvalue weighted by molar-refractivity contribution is 0.364. The fourth-order valence-corrected chi connectivity index (χ4v) is 3.38. The fraction of sp³-hybridized carbons (Fsp3) is 0.263. The van der Waals surface area contributed by atoms with Crippen molar-refractivity contribution in [2.24, 2.45) is 0 Å². The van der Waals surface area contributed by atoms with Crippen molar-refractivity contribution in [2.45, 2.75) is 12.6 Å². The van der Waals surface area contributed by atoms with E-state index in [1.807, 2.05) is 4.90 Å². The van der Waals surface area contributed by atoms with Crippen molar-refractivity contribution in [2.75, 3.05) is 25.0 Å². The lowest BCUT2D eigenvalue weighted by atomic mass is 10.0. The molecule has 0 saturated carbocycles. The van der Waals surface area contributed by atoms with E-state index in [1.54, 1.807) is 25.4 Å². The van der Waals surface area contributed by atoms with Crippen molar-refractivity contribution in [3.8, 4) is 11.4 Å². The third kappa shape index (κ3) is 3.19. The van der Waals surface area contributed by atoms with Gasteiger partial charge in [-0.25, -0.2) is 18.7 Å². The van der Waals surface area contributed by atoms with Gasteiger partial charge in [0.2, 0.25) is 0 Å². The predicted octanol–water partition coefficient (Wildman–Crippen LogP) is 2.92. The maximum Gasteiger partial charge on any atom is 0.133 e. The molecule has 4 rings (SSSR count). The summed E-state index contributed by atoms with van der Waals surface area (Å²) in [4.78, 5) is 10.4. The van der Waals surface area contributed by atoms with E-state index >= 15 is 0 Å². The van der Waals surface area contributed by atoms with Crippen LogP contribution in [0, 0.1) is 11.2 Å². The molecule has 0 unspecified atom stereocenters. The molecule has 0 radical (unpaired) electrons. The number of H-pyrrole nitrogens is 1. The van der Waals surface area contributed by atoms with E-state index in [1.165, 1.54) is 12.4 Å². The van der Waals surface area contributed by atoms with E-state index in [4.69, 9.17) is 5.41 Å². The summed E-state index contributed by atoms with van der Waals surface area (Å²) < 4.78 is 28.0. The number of aromatic nitrogens is 4. The first kappa shape index (κ1) is 18.0. The minimum atomic E-state index is -0.853. The van der Waals surface area contributed by atoms with Crippen LogP contribution in [-0.4, -0.2) is 52.7 Å². The maximum absolute atomic E-state index is 14.5. The smallest absolute Gasteiger partial charge is 0.133 e. The zero-order chi connectivity index (χ0) is 19.7. The summed E-state index contributed by atoms with van der Waals surface area (Å²) in [5.41, 5.74) is 2.32. The third-order valence-electron chi connectivity index (χ3n) is 4.77. The molecule has 0 spiro atoms. The van der Waals surface area contributed by atoms with Gasteiger partial charge in [0.25, 0.3) is 0 Å². The van der Waals surface area contributed by atoms with Crippen LogP contribution >= 0.6 is 0 Å². The number of nitrogens with zero attached hydrogens (tertiary/aromatic N) is 4. The van der Waals surface area contributed by atoms with Gasteiger partial charge >= 0.3 is 0 Å². The van der Waals surface area contributed by atoms with E-state index in [-0.39, 0.29) is 5.56 Å². The Kier molecular flexibility index (Phi) is 4.72. The second kappa shape index (κ2) is 7.34. The first-order chi connectivity index (χ1) is 13.6. The number of benzene rings is 1. The molecule has 0 aliphatic carbocycles. The molecule has 0 amide bonds. The topological polar surface area (TPSA) is 93.6 Å². The molecule has 7 nitrogen and oxygen atoms in total. The Morgan fingerprint density at radius 2 is 2.21 bits per heavy atom. The number of nitrogens with one attached hydrogen (secondary N) is 3. The molecule has 1 fully saturated rings. The number of fused-ring (bicyclic) bond motifs is 1. The van der Waals surface area contributed by atoms with Gasteiger partial charge in [-0.2, -0.15) is 5.10 Å². The number of anilines is 1. The van der Waals surface area contributed by atoms with Crippen LogP contribution in [0.15, 0.2) is 30.7 Å². The number of hydrogen-bond donors (Lipinski definition) is 3. The minimum absolute atomic E-state index is 0.286. The molecular formula is C19H19F2N7. The maximum atomic E-state index is 14.5. The molecule has 0 bridgehead atoms. The van der Waals surface area contributed by atoms with Crippen LogP contribution in [0.5, 0.6) is 0 Å². The summed E-state index contributed by atoms with van der Waals surface area (Å²) in [6.07, 6.45) is 3.70. The van der Waals surface area contributed by atoms with Gasteiger partial charge in [-0.3, -0.25) is 5.10 Å². The second-order valence-corrected chi connectivity index (χ2v) is 6.58. The minimum Gasteiger partial charge on any atom is -0.393 e. The Balaban J connectivity index is 1.79. The van der Waals surface area contributed by atoms with E-state index in [9.17, 15) is 8.78 Å². The molecular weight excluding hydrogens is 364 g/mol. The highest BCUT2D eigenvalue weighted by atomic mass is 19.1. The predicted molar refractivity (Wildman–Crippen MR) is 105 cm³/mol. The Bertz CT molecular complexity index is 1060. The highest BCUT2D eigenvalue weighted by Gasteiger charge is 2.24. The Morgan fingerprint density at radius 3 is 2.93 bits per heavy atom. The quantitative estimate of drug-likeness (QED) is 0.589. The molecule has 2 aromatic heterocycles. The molecule has 1 aromatic carbocycles. The average molecular weight is 383 g/mol. The highest BCUT2D eigenvalue weighted by Crippen LogP contribution is 2.31. The summed E-state index contributed by atoms with van der Waals surface area (Å²) in [6, 6.07) is 4.76. The number of aromatic amines is 1. The molecule has 3 aromatic rings. The van der Waals surface area contributed by atoms with E-state index < -0.39 is 12.0 Å². The van der Waals surface area contributed by atoms with Crippen LogP contribution < -0.4 is 10.2 Å². The lowest BCUT2D eigenvalue weighted by Crippen LogP contribution is -2.21. The second-order valence-electron chi connectivity index (χ2n) is 6.58. The van der Waals surface area contributed by atoms with Crippen LogP contribution in [0.1, 0.15) is 12.0 Å². The van der Waals surface area contributed by atoms with Crippen molar-refractivity contribution < 1.29 is 8.78 Å². The number of rotatable bonds is 5. The van der Waals surface area contributed by atoms with Crippen LogP contribution in [0.3, 0.4) is 0 Å².